The third kappa shape index (κ3) is 4.51. The molecule has 0 spiro atoms. The zero-order chi connectivity index (χ0) is 20.3. The van der Waals surface area contributed by atoms with Crippen LogP contribution in [0, 0.1) is 0 Å². The van der Waals surface area contributed by atoms with Crippen molar-refractivity contribution in [2.75, 3.05) is 7.05 Å². The van der Waals surface area contributed by atoms with Crippen molar-refractivity contribution >= 4 is 27.6 Å². The van der Waals surface area contributed by atoms with Gasteiger partial charge in [0.2, 0.25) is 0 Å². The number of furan rings is 1. The Hall–Kier alpha value is -2.87. The molecular formula is C20H20BrN3O4. The molecule has 3 rings (SSSR count). The molecule has 0 saturated carbocycles. The minimum atomic E-state index is -0.231. The van der Waals surface area contributed by atoms with Crippen molar-refractivity contribution in [1.29, 1.82) is 0 Å². The van der Waals surface area contributed by atoms with Crippen molar-refractivity contribution in [1.82, 2.24) is 14.7 Å². The maximum atomic E-state index is 12.6. The lowest BCUT2D eigenvalue weighted by Gasteiger charge is -2.16. The Morgan fingerprint density at radius 2 is 1.93 bits per heavy atom. The van der Waals surface area contributed by atoms with E-state index in [0.717, 1.165) is 10.2 Å². The lowest BCUT2D eigenvalue weighted by atomic mass is 10.1. The van der Waals surface area contributed by atoms with Crippen LogP contribution in [0.4, 0.5) is 0 Å². The fraction of sp³-hybridized carbons (Fsp3) is 0.250. The number of benzene rings is 1. The van der Waals surface area contributed by atoms with E-state index < -0.39 is 0 Å². The molecule has 0 bridgehead atoms. The first kappa shape index (κ1) is 19.9. The number of ether oxygens (including phenoxy) is 1. The maximum Gasteiger partial charge on any atom is 0.289 e. The summed E-state index contributed by atoms with van der Waals surface area (Å²) < 4.78 is 13.8. The number of aromatic nitrogens is 2. The Labute approximate surface area is 171 Å². The van der Waals surface area contributed by atoms with Gasteiger partial charge in [-0.2, -0.15) is 5.10 Å². The van der Waals surface area contributed by atoms with Crippen molar-refractivity contribution in [3.63, 3.8) is 0 Å². The van der Waals surface area contributed by atoms with Crippen LogP contribution in [0.15, 0.2) is 51.5 Å². The largest absolute Gasteiger partial charge is 0.486 e. The summed E-state index contributed by atoms with van der Waals surface area (Å²) in [5, 5.41) is 4.15. The Kier molecular flexibility index (Phi) is 5.99. The highest BCUT2D eigenvalue weighted by Crippen LogP contribution is 2.19. The van der Waals surface area contributed by atoms with Gasteiger partial charge in [0.05, 0.1) is 22.9 Å². The molecule has 0 aliphatic rings. The summed E-state index contributed by atoms with van der Waals surface area (Å²) >= 11 is 3.43. The smallest absolute Gasteiger partial charge is 0.289 e. The first-order valence-electron chi connectivity index (χ1n) is 8.59. The van der Waals surface area contributed by atoms with Gasteiger partial charge in [-0.1, -0.05) is 0 Å². The molecule has 0 fully saturated rings. The van der Waals surface area contributed by atoms with Gasteiger partial charge in [-0.15, -0.1) is 0 Å². The van der Waals surface area contributed by atoms with Gasteiger partial charge in [0.1, 0.15) is 18.1 Å². The molecule has 0 aliphatic heterocycles. The van der Waals surface area contributed by atoms with E-state index in [9.17, 15) is 9.59 Å². The molecule has 7 nitrogen and oxygen atoms in total. The van der Waals surface area contributed by atoms with Crippen LogP contribution in [0.3, 0.4) is 0 Å². The number of halogens is 1. The second-order valence-corrected chi connectivity index (χ2v) is 7.21. The molecule has 0 aliphatic carbocycles. The van der Waals surface area contributed by atoms with Gasteiger partial charge in [-0.05, 0) is 59.3 Å². The number of hydrogen-bond donors (Lipinski definition) is 0. The number of Topliss-reactive ketones (excluding diaryl/α,β-unsaturated/α-hetero) is 1. The Bertz CT molecular complexity index is 972. The minimum Gasteiger partial charge on any atom is -0.486 e. The molecule has 0 atom stereocenters. The summed E-state index contributed by atoms with van der Waals surface area (Å²) in [6.45, 7) is 2.09. The number of amides is 1. The summed E-state index contributed by atoms with van der Waals surface area (Å²) in [4.78, 5) is 25.5. The van der Waals surface area contributed by atoms with E-state index in [0.29, 0.717) is 23.6 Å². The van der Waals surface area contributed by atoms with E-state index in [1.165, 1.54) is 6.92 Å². The average Bonchev–Trinajstić information content (AvgIpc) is 3.28. The van der Waals surface area contributed by atoms with Crippen molar-refractivity contribution in [3.8, 4) is 5.75 Å². The molecule has 2 heterocycles. The summed E-state index contributed by atoms with van der Waals surface area (Å²) in [5.41, 5.74) is 1.52. The second-order valence-electron chi connectivity index (χ2n) is 6.36. The highest BCUT2D eigenvalue weighted by molar-refractivity contribution is 9.10. The topological polar surface area (TPSA) is 77.6 Å². The molecular weight excluding hydrogens is 426 g/mol. The Morgan fingerprint density at radius 3 is 2.54 bits per heavy atom. The number of carbonyl (C=O) groups excluding carboxylic acids is 2. The van der Waals surface area contributed by atoms with Crippen molar-refractivity contribution in [2.45, 2.75) is 20.1 Å². The standard InChI is InChI=1S/C20H20BrN3O4/c1-13(25)14-4-6-15(7-5-14)27-12-16-8-9-19(28-16)20(26)23(2)11-18-17(21)10-22-24(18)3/h4-10H,11-12H2,1-3H3. The normalized spacial score (nSPS) is 10.7. The molecule has 0 N–H and O–H groups in total. The molecule has 0 saturated heterocycles. The third-order valence-electron chi connectivity index (χ3n) is 4.26. The van der Waals surface area contributed by atoms with Crippen LogP contribution >= 0.6 is 15.9 Å². The summed E-state index contributed by atoms with van der Waals surface area (Å²) in [7, 11) is 3.53. The molecule has 0 radical (unpaired) electrons. The predicted octanol–water partition coefficient (Wildman–Crippen LogP) is 3.83. The molecule has 3 aromatic rings. The van der Waals surface area contributed by atoms with Crippen molar-refractivity contribution in [2.24, 2.45) is 7.05 Å². The highest BCUT2D eigenvalue weighted by Gasteiger charge is 2.19. The molecule has 2 aromatic heterocycles. The van der Waals surface area contributed by atoms with E-state index in [1.54, 1.807) is 59.2 Å². The van der Waals surface area contributed by atoms with Crippen LogP contribution in [0.25, 0.3) is 0 Å². The summed E-state index contributed by atoms with van der Waals surface area (Å²) in [5.74, 6) is 1.17. The van der Waals surface area contributed by atoms with Gasteiger partial charge in [-0.3, -0.25) is 14.3 Å². The lowest BCUT2D eigenvalue weighted by Crippen LogP contribution is -2.27. The molecule has 0 unspecified atom stereocenters. The van der Waals surface area contributed by atoms with Crippen LogP contribution < -0.4 is 4.74 Å². The first-order valence-corrected chi connectivity index (χ1v) is 9.39. The summed E-state index contributed by atoms with van der Waals surface area (Å²) in [6, 6.07) is 10.2. The van der Waals surface area contributed by atoms with Gasteiger partial charge in [0.25, 0.3) is 5.91 Å². The van der Waals surface area contributed by atoms with Crippen LogP contribution in [0.1, 0.15) is 39.3 Å². The highest BCUT2D eigenvalue weighted by atomic mass is 79.9. The van der Waals surface area contributed by atoms with E-state index >= 15 is 0 Å². The Balaban J connectivity index is 1.59. The molecule has 28 heavy (non-hydrogen) atoms. The van der Waals surface area contributed by atoms with E-state index in [4.69, 9.17) is 9.15 Å². The maximum absolute atomic E-state index is 12.6. The van der Waals surface area contributed by atoms with E-state index in [-0.39, 0.29) is 24.1 Å². The third-order valence-corrected chi connectivity index (χ3v) is 4.92. The number of ketones is 1. The van der Waals surface area contributed by atoms with Crippen LogP contribution in [-0.2, 0) is 20.2 Å². The SMILES string of the molecule is CC(=O)c1ccc(OCc2ccc(C(=O)N(C)Cc3c(Br)cnn3C)o2)cc1. The van der Waals surface area contributed by atoms with Gasteiger partial charge < -0.3 is 14.1 Å². The fourth-order valence-electron chi connectivity index (χ4n) is 2.61. The van der Waals surface area contributed by atoms with Gasteiger partial charge >= 0.3 is 0 Å². The Morgan fingerprint density at radius 1 is 1.21 bits per heavy atom. The molecule has 1 amide bonds. The first-order chi connectivity index (χ1) is 13.3. The molecule has 1 aromatic carbocycles. The zero-order valence-corrected chi connectivity index (χ0v) is 17.4. The van der Waals surface area contributed by atoms with Gasteiger partial charge in [0, 0.05) is 19.7 Å². The van der Waals surface area contributed by atoms with Crippen molar-refractivity contribution in [3.05, 3.63) is 69.8 Å². The summed E-state index contributed by atoms with van der Waals surface area (Å²) in [6.07, 6.45) is 1.69. The number of nitrogens with zero attached hydrogens (tertiary/aromatic N) is 3. The van der Waals surface area contributed by atoms with E-state index in [1.807, 2.05) is 7.05 Å². The number of aryl methyl sites for hydroxylation is 1. The number of carbonyl (C=O) groups is 2. The molecule has 146 valence electrons. The second kappa shape index (κ2) is 8.43. The van der Waals surface area contributed by atoms with Crippen LogP contribution in [0.2, 0.25) is 0 Å². The van der Waals surface area contributed by atoms with Crippen LogP contribution in [0.5, 0.6) is 5.75 Å². The fourth-order valence-corrected chi connectivity index (χ4v) is 3.08. The van der Waals surface area contributed by atoms with Gasteiger partial charge in [-0.25, -0.2) is 0 Å². The zero-order valence-electron chi connectivity index (χ0n) is 15.8. The average molecular weight is 446 g/mol. The number of hydrogen-bond acceptors (Lipinski definition) is 5. The van der Waals surface area contributed by atoms with Crippen LogP contribution in [-0.4, -0.2) is 33.4 Å². The predicted molar refractivity (Wildman–Crippen MR) is 106 cm³/mol. The minimum absolute atomic E-state index is 0.00279. The van der Waals surface area contributed by atoms with E-state index in [2.05, 4.69) is 21.0 Å². The monoisotopic (exact) mass is 445 g/mol. The number of rotatable bonds is 7. The van der Waals surface area contributed by atoms with Crippen molar-refractivity contribution < 1.29 is 18.7 Å². The lowest BCUT2D eigenvalue weighted by molar-refractivity contribution is 0.0745. The quantitative estimate of drug-likeness (QED) is 0.516. The molecule has 8 heteroatoms. The van der Waals surface area contributed by atoms with Gasteiger partial charge in [0.15, 0.2) is 11.5 Å².